The fourth-order valence-corrected chi connectivity index (χ4v) is 3.37. The van der Waals surface area contributed by atoms with E-state index in [0.29, 0.717) is 31.9 Å². The molecule has 1 fully saturated rings. The van der Waals surface area contributed by atoms with Gasteiger partial charge in [0.25, 0.3) is 11.8 Å². The molecule has 0 aliphatic carbocycles. The number of carbonyl (C=O) groups excluding carboxylic acids is 2. The molecule has 2 amide bonds. The summed E-state index contributed by atoms with van der Waals surface area (Å²) in [7, 11) is 1.97. The molecule has 2 heterocycles. The molecule has 0 unspecified atom stereocenters. The Morgan fingerprint density at radius 1 is 1.00 bits per heavy atom. The van der Waals surface area contributed by atoms with E-state index in [1.54, 1.807) is 4.90 Å². The highest BCUT2D eigenvalue weighted by Gasteiger charge is 2.25. The maximum atomic E-state index is 12.9. The summed E-state index contributed by atoms with van der Waals surface area (Å²) >= 11 is 0. The second-order valence-corrected chi connectivity index (χ2v) is 6.97. The van der Waals surface area contributed by atoms with Gasteiger partial charge in [-0.15, -0.1) is 0 Å². The van der Waals surface area contributed by atoms with Crippen molar-refractivity contribution in [3.63, 3.8) is 0 Å². The van der Waals surface area contributed by atoms with Crippen molar-refractivity contribution in [3.8, 4) is 5.75 Å². The van der Waals surface area contributed by atoms with Crippen LogP contribution in [0.15, 0.2) is 36.4 Å². The second kappa shape index (κ2) is 8.29. The van der Waals surface area contributed by atoms with Crippen LogP contribution in [0.4, 0.5) is 0 Å². The minimum absolute atomic E-state index is 0.0228. The van der Waals surface area contributed by atoms with Gasteiger partial charge in [-0.1, -0.05) is 18.2 Å². The van der Waals surface area contributed by atoms with Gasteiger partial charge in [0.15, 0.2) is 6.61 Å². The largest absolute Gasteiger partial charge is 0.484 e. The van der Waals surface area contributed by atoms with Crippen molar-refractivity contribution in [2.24, 2.45) is 7.05 Å². The Balaban J connectivity index is 1.57. The predicted octanol–water partition coefficient (Wildman–Crippen LogP) is 2.40. The number of carbonyl (C=O) groups is 2. The lowest BCUT2D eigenvalue weighted by Crippen LogP contribution is -2.39. The molecular formula is C21H27N3O3. The van der Waals surface area contributed by atoms with Gasteiger partial charge in [-0.2, -0.15) is 0 Å². The predicted molar refractivity (Wildman–Crippen MR) is 104 cm³/mol. The number of aryl methyl sites for hydroxylation is 1. The molecule has 2 aromatic rings. The third kappa shape index (κ3) is 4.32. The summed E-state index contributed by atoms with van der Waals surface area (Å²) in [4.78, 5) is 29.0. The van der Waals surface area contributed by atoms with Crippen LogP contribution in [0.5, 0.6) is 5.75 Å². The average molecular weight is 369 g/mol. The minimum Gasteiger partial charge on any atom is -0.484 e. The summed E-state index contributed by atoms with van der Waals surface area (Å²) in [5.41, 5.74) is 2.80. The van der Waals surface area contributed by atoms with Crippen LogP contribution in [0.3, 0.4) is 0 Å². The van der Waals surface area contributed by atoms with E-state index in [9.17, 15) is 9.59 Å². The van der Waals surface area contributed by atoms with Crippen molar-refractivity contribution in [1.82, 2.24) is 14.4 Å². The lowest BCUT2D eigenvalue weighted by molar-refractivity contribution is -0.133. The summed E-state index contributed by atoms with van der Waals surface area (Å²) < 4.78 is 7.59. The average Bonchev–Trinajstić information content (AvgIpc) is 2.87. The van der Waals surface area contributed by atoms with E-state index in [1.165, 1.54) is 0 Å². The Kier molecular flexibility index (Phi) is 5.84. The number of hydrogen-bond donors (Lipinski definition) is 0. The highest BCUT2D eigenvalue weighted by molar-refractivity contribution is 5.95. The van der Waals surface area contributed by atoms with Crippen LogP contribution in [0.2, 0.25) is 0 Å². The van der Waals surface area contributed by atoms with E-state index >= 15 is 0 Å². The fourth-order valence-electron chi connectivity index (χ4n) is 3.37. The van der Waals surface area contributed by atoms with Crippen molar-refractivity contribution < 1.29 is 14.3 Å². The van der Waals surface area contributed by atoms with Crippen LogP contribution in [-0.4, -0.2) is 59.0 Å². The van der Waals surface area contributed by atoms with E-state index in [0.717, 1.165) is 23.4 Å². The smallest absolute Gasteiger partial charge is 0.260 e. The van der Waals surface area contributed by atoms with Crippen LogP contribution >= 0.6 is 0 Å². The number of hydrogen-bond acceptors (Lipinski definition) is 3. The van der Waals surface area contributed by atoms with Gasteiger partial charge >= 0.3 is 0 Å². The molecule has 0 atom stereocenters. The zero-order valence-electron chi connectivity index (χ0n) is 16.3. The zero-order valence-corrected chi connectivity index (χ0v) is 16.3. The number of aromatic nitrogens is 1. The SMILES string of the molecule is Cc1cc(C(=O)N2CCCN(C(=O)COc3ccccc3)CC2)c(C)n1C. The van der Waals surface area contributed by atoms with Crippen molar-refractivity contribution in [3.05, 3.63) is 53.3 Å². The Morgan fingerprint density at radius 2 is 1.67 bits per heavy atom. The maximum Gasteiger partial charge on any atom is 0.260 e. The Labute approximate surface area is 160 Å². The number of nitrogens with zero attached hydrogens (tertiary/aromatic N) is 3. The molecule has 1 aromatic carbocycles. The standard InChI is InChI=1S/C21H27N3O3/c1-16-14-19(17(2)22(16)3)21(26)24-11-7-10-23(12-13-24)20(25)15-27-18-8-5-4-6-9-18/h4-6,8-9,14H,7,10-13,15H2,1-3H3. The molecule has 6 heteroatoms. The Bertz CT molecular complexity index is 814. The molecule has 144 valence electrons. The van der Waals surface area contributed by atoms with Crippen LogP contribution < -0.4 is 4.74 Å². The van der Waals surface area contributed by atoms with Gasteiger partial charge in [0.05, 0.1) is 5.56 Å². The molecule has 0 N–H and O–H groups in total. The minimum atomic E-state index is -0.0418. The Morgan fingerprint density at radius 3 is 2.33 bits per heavy atom. The van der Waals surface area contributed by atoms with Crippen LogP contribution in [-0.2, 0) is 11.8 Å². The molecule has 6 nitrogen and oxygen atoms in total. The fraction of sp³-hybridized carbons (Fsp3) is 0.429. The van der Waals surface area contributed by atoms with Crippen LogP contribution in [0, 0.1) is 13.8 Å². The normalized spacial score (nSPS) is 14.8. The quantitative estimate of drug-likeness (QED) is 0.832. The van der Waals surface area contributed by atoms with E-state index in [4.69, 9.17) is 4.74 Å². The third-order valence-corrected chi connectivity index (χ3v) is 5.25. The molecule has 1 aliphatic rings. The Hall–Kier alpha value is -2.76. The molecule has 1 saturated heterocycles. The lowest BCUT2D eigenvalue weighted by atomic mass is 10.2. The van der Waals surface area contributed by atoms with Crippen molar-refractivity contribution in [2.45, 2.75) is 20.3 Å². The zero-order chi connectivity index (χ0) is 19.4. The first-order valence-corrected chi connectivity index (χ1v) is 9.35. The number of rotatable bonds is 4. The molecule has 27 heavy (non-hydrogen) atoms. The molecule has 1 aromatic heterocycles. The number of benzene rings is 1. The van der Waals surface area contributed by atoms with Gasteiger partial charge in [-0.3, -0.25) is 9.59 Å². The molecular weight excluding hydrogens is 342 g/mol. The topological polar surface area (TPSA) is 54.8 Å². The van der Waals surface area contributed by atoms with Crippen LogP contribution in [0.25, 0.3) is 0 Å². The molecule has 3 rings (SSSR count). The second-order valence-electron chi connectivity index (χ2n) is 6.97. The lowest BCUT2D eigenvalue weighted by Gasteiger charge is -2.22. The van der Waals surface area contributed by atoms with E-state index < -0.39 is 0 Å². The first-order valence-electron chi connectivity index (χ1n) is 9.35. The van der Waals surface area contributed by atoms with Crippen LogP contribution in [0.1, 0.15) is 28.2 Å². The van der Waals surface area contributed by atoms with E-state index in [1.807, 2.05) is 66.8 Å². The summed E-state index contributed by atoms with van der Waals surface area (Å²) in [6.45, 7) is 6.38. The third-order valence-electron chi connectivity index (χ3n) is 5.25. The molecule has 0 radical (unpaired) electrons. The molecule has 0 bridgehead atoms. The monoisotopic (exact) mass is 369 g/mol. The van der Waals surface area contributed by atoms with Gasteiger partial charge in [-0.05, 0) is 38.5 Å². The molecule has 0 spiro atoms. The van der Waals surface area contributed by atoms with E-state index in [2.05, 4.69) is 0 Å². The highest BCUT2D eigenvalue weighted by atomic mass is 16.5. The molecule has 0 saturated carbocycles. The van der Waals surface area contributed by atoms with E-state index in [-0.39, 0.29) is 18.4 Å². The number of ether oxygens (including phenoxy) is 1. The summed E-state index contributed by atoms with van der Waals surface area (Å²) in [6, 6.07) is 11.3. The first-order chi connectivity index (χ1) is 13.0. The van der Waals surface area contributed by atoms with Gasteiger partial charge < -0.3 is 19.1 Å². The maximum absolute atomic E-state index is 12.9. The van der Waals surface area contributed by atoms with Gasteiger partial charge in [0, 0.05) is 44.6 Å². The van der Waals surface area contributed by atoms with Crippen molar-refractivity contribution in [1.29, 1.82) is 0 Å². The van der Waals surface area contributed by atoms with Crippen molar-refractivity contribution in [2.75, 3.05) is 32.8 Å². The summed E-state index contributed by atoms with van der Waals surface area (Å²) in [6.07, 6.45) is 0.772. The first kappa shape index (κ1) is 19.0. The highest BCUT2D eigenvalue weighted by Crippen LogP contribution is 2.17. The number of para-hydroxylation sites is 1. The summed E-state index contributed by atoms with van der Waals surface area (Å²) in [5.74, 6) is 0.693. The number of amides is 2. The van der Waals surface area contributed by atoms with Crippen molar-refractivity contribution >= 4 is 11.8 Å². The van der Waals surface area contributed by atoms with Gasteiger partial charge in [-0.25, -0.2) is 0 Å². The molecule has 1 aliphatic heterocycles. The van der Waals surface area contributed by atoms with Gasteiger partial charge in [0.2, 0.25) is 0 Å². The summed E-state index contributed by atoms with van der Waals surface area (Å²) in [5, 5.41) is 0. The van der Waals surface area contributed by atoms with Gasteiger partial charge in [0.1, 0.15) is 5.75 Å².